The molecular weight excluding hydrogens is 477 g/mol. The zero-order valence-electron chi connectivity index (χ0n) is 20.9. The molecule has 190 valence electrons. The summed E-state index contributed by atoms with van der Waals surface area (Å²) < 4.78 is 16.1. The van der Waals surface area contributed by atoms with E-state index in [1.165, 1.54) is 18.6 Å². The predicted octanol–water partition coefficient (Wildman–Crippen LogP) is 6.26. The molecule has 1 aliphatic carbocycles. The van der Waals surface area contributed by atoms with E-state index in [-0.39, 0.29) is 11.9 Å². The summed E-state index contributed by atoms with van der Waals surface area (Å²) >= 11 is 0. The number of anilines is 2. The van der Waals surface area contributed by atoms with Crippen LogP contribution < -0.4 is 10.6 Å². The molecule has 0 saturated heterocycles. The van der Waals surface area contributed by atoms with E-state index in [0.29, 0.717) is 18.5 Å². The lowest BCUT2D eigenvalue weighted by molar-refractivity contribution is 0.443. The summed E-state index contributed by atoms with van der Waals surface area (Å²) in [6.45, 7) is 0.711. The highest BCUT2D eigenvalue weighted by atomic mass is 19.1. The molecule has 3 aromatic heterocycles. The summed E-state index contributed by atoms with van der Waals surface area (Å²) in [5.41, 5.74) is 4.43. The number of halogens is 1. The first-order valence-electron chi connectivity index (χ1n) is 13.3. The number of aryl methyl sites for hydroxylation is 1. The summed E-state index contributed by atoms with van der Waals surface area (Å²) in [5.74, 6) is 2.25. The van der Waals surface area contributed by atoms with E-state index in [1.807, 2.05) is 30.3 Å². The lowest BCUT2D eigenvalue weighted by Gasteiger charge is -2.26. The van der Waals surface area contributed by atoms with Crippen molar-refractivity contribution in [3.05, 3.63) is 84.6 Å². The highest BCUT2D eigenvalue weighted by Crippen LogP contribution is 2.39. The average molecular weight is 506 g/mol. The van der Waals surface area contributed by atoms with Gasteiger partial charge in [0.25, 0.3) is 0 Å². The monoisotopic (exact) mass is 505 g/mol. The standard InChI is InChI=1S/C30H28FN7/c31-21-11-8-20(9-12-21)28-29(25-16-17-32-30(36-25)34-22-5-3-6-22)38-23(13-15-27(38)37-28)18-33-26-14-10-19-4-1-2-7-24(19)35-26/h1-2,4,7-12,14,16-17,22-23H,3,5-6,13,15,18H2,(H,33,35)(H,32,34,36). The number of benzene rings is 2. The van der Waals surface area contributed by atoms with Crippen molar-refractivity contribution in [3.8, 4) is 22.6 Å². The molecule has 1 saturated carbocycles. The number of nitrogens with one attached hydrogen (secondary N) is 2. The third-order valence-corrected chi connectivity index (χ3v) is 7.62. The van der Waals surface area contributed by atoms with Crippen LogP contribution in [0.5, 0.6) is 0 Å². The molecule has 1 fully saturated rings. The van der Waals surface area contributed by atoms with Crippen molar-refractivity contribution >= 4 is 22.7 Å². The minimum Gasteiger partial charge on any atom is -0.368 e. The fourth-order valence-corrected chi connectivity index (χ4v) is 5.40. The third-order valence-electron chi connectivity index (χ3n) is 7.62. The predicted molar refractivity (Wildman–Crippen MR) is 147 cm³/mol. The maximum Gasteiger partial charge on any atom is 0.223 e. The van der Waals surface area contributed by atoms with Crippen LogP contribution in [0.25, 0.3) is 33.5 Å². The van der Waals surface area contributed by atoms with Gasteiger partial charge < -0.3 is 15.2 Å². The number of aromatic nitrogens is 5. The summed E-state index contributed by atoms with van der Waals surface area (Å²) in [7, 11) is 0. The Morgan fingerprint density at radius 1 is 0.895 bits per heavy atom. The SMILES string of the molecule is Fc1ccc(-c2nc3n(c2-c2ccnc(NC4CCC4)n2)C(CNc2ccc4ccccc4n2)CC3)cc1. The summed E-state index contributed by atoms with van der Waals surface area (Å²) in [5, 5.41) is 8.14. The van der Waals surface area contributed by atoms with Gasteiger partial charge in [0, 0.05) is 36.2 Å². The average Bonchev–Trinajstić information content (AvgIpc) is 3.50. The molecule has 38 heavy (non-hydrogen) atoms. The molecule has 0 spiro atoms. The van der Waals surface area contributed by atoms with Crippen molar-refractivity contribution in [1.29, 1.82) is 0 Å². The number of imidazole rings is 1. The van der Waals surface area contributed by atoms with Crippen LogP contribution in [0.15, 0.2) is 72.9 Å². The van der Waals surface area contributed by atoms with Crippen molar-refractivity contribution in [2.45, 2.75) is 44.2 Å². The highest BCUT2D eigenvalue weighted by Gasteiger charge is 2.31. The zero-order valence-corrected chi connectivity index (χ0v) is 20.9. The van der Waals surface area contributed by atoms with Gasteiger partial charge in [-0.1, -0.05) is 18.2 Å². The summed E-state index contributed by atoms with van der Waals surface area (Å²) in [6, 6.07) is 21.3. The topological polar surface area (TPSA) is 80.5 Å². The smallest absolute Gasteiger partial charge is 0.223 e. The van der Waals surface area contributed by atoms with Crippen molar-refractivity contribution in [2.75, 3.05) is 17.2 Å². The molecule has 0 amide bonds. The molecule has 1 unspecified atom stereocenters. The second-order valence-corrected chi connectivity index (χ2v) is 10.1. The highest BCUT2D eigenvalue weighted by molar-refractivity contribution is 5.80. The third kappa shape index (κ3) is 4.26. The van der Waals surface area contributed by atoms with Crippen LogP contribution in [0.1, 0.15) is 37.5 Å². The van der Waals surface area contributed by atoms with Gasteiger partial charge in [-0.25, -0.2) is 24.3 Å². The van der Waals surface area contributed by atoms with Gasteiger partial charge in [-0.3, -0.25) is 0 Å². The Morgan fingerprint density at radius 2 is 1.76 bits per heavy atom. The largest absolute Gasteiger partial charge is 0.368 e. The van der Waals surface area contributed by atoms with Gasteiger partial charge >= 0.3 is 0 Å². The van der Waals surface area contributed by atoms with Gasteiger partial charge in [-0.2, -0.15) is 0 Å². The molecule has 2 N–H and O–H groups in total. The summed E-state index contributed by atoms with van der Waals surface area (Å²) in [6.07, 6.45) is 7.17. The molecule has 1 atom stereocenters. The van der Waals surface area contributed by atoms with Gasteiger partial charge in [-0.15, -0.1) is 0 Å². The van der Waals surface area contributed by atoms with Gasteiger partial charge in [0.15, 0.2) is 0 Å². The number of pyridine rings is 1. The molecule has 1 aliphatic heterocycles. The number of nitrogens with zero attached hydrogens (tertiary/aromatic N) is 5. The molecular formula is C30H28FN7. The molecule has 2 aromatic carbocycles. The van der Waals surface area contributed by atoms with Crippen LogP contribution in [-0.4, -0.2) is 37.1 Å². The van der Waals surface area contributed by atoms with E-state index in [4.69, 9.17) is 15.0 Å². The number of hydrogen-bond acceptors (Lipinski definition) is 6. The van der Waals surface area contributed by atoms with E-state index < -0.39 is 0 Å². The van der Waals surface area contributed by atoms with Gasteiger partial charge in [0.05, 0.1) is 28.6 Å². The quantitative estimate of drug-likeness (QED) is 0.272. The molecule has 0 radical (unpaired) electrons. The Kier molecular flexibility index (Phi) is 5.72. The van der Waals surface area contributed by atoms with Crippen LogP contribution >= 0.6 is 0 Å². The number of hydrogen-bond donors (Lipinski definition) is 2. The van der Waals surface area contributed by atoms with E-state index in [0.717, 1.165) is 70.9 Å². The Bertz CT molecular complexity index is 1610. The van der Waals surface area contributed by atoms with E-state index in [1.54, 1.807) is 18.3 Å². The second kappa shape index (κ2) is 9.52. The van der Waals surface area contributed by atoms with Crippen molar-refractivity contribution in [2.24, 2.45) is 0 Å². The molecule has 8 heteroatoms. The molecule has 7 nitrogen and oxygen atoms in total. The minimum atomic E-state index is -0.263. The lowest BCUT2D eigenvalue weighted by Crippen LogP contribution is -2.28. The van der Waals surface area contributed by atoms with Crippen LogP contribution in [-0.2, 0) is 6.42 Å². The van der Waals surface area contributed by atoms with Crippen LogP contribution in [0, 0.1) is 5.82 Å². The van der Waals surface area contributed by atoms with Crippen molar-refractivity contribution in [1.82, 2.24) is 24.5 Å². The van der Waals surface area contributed by atoms with Gasteiger partial charge in [-0.05, 0) is 74.2 Å². The van der Waals surface area contributed by atoms with Crippen molar-refractivity contribution in [3.63, 3.8) is 0 Å². The Hall–Kier alpha value is -4.33. The Labute approximate surface area is 220 Å². The van der Waals surface area contributed by atoms with Gasteiger partial charge in [0.1, 0.15) is 17.5 Å². The fraction of sp³-hybridized carbons (Fsp3) is 0.267. The fourth-order valence-electron chi connectivity index (χ4n) is 5.40. The number of fused-ring (bicyclic) bond motifs is 2. The summed E-state index contributed by atoms with van der Waals surface area (Å²) in [4.78, 5) is 19.2. The lowest BCUT2D eigenvalue weighted by atomic mass is 9.93. The Balaban J connectivity index is 1.25. The van der Waals surface area contributed by atoms with E-state index in [2.05, 4.69) is 32.3 Å². The Morgan fingerprint density at radius 3 is 2.61 bits per heavy atom. The van der Waals surface area contributed by atoms with E-state index >= 15 is 0 Å². The van der Waals surface area contributed by atoms with E-state index in [9.17, 15) is 4.39 Å². The number of rotatable bonds is 7. The number of para-hydroxylation sites is 1. The van der Waals surface area contributed by atoms with Crippen LogP contribution in [0.2, 0.25) is 0 Å². The van der Waals surface area contributed by atoms with Gasteiger partial charge in [0.2, 0.25) is 5.95 Å². The first-order chi connectivity index (χ1) is 18.7. The second-order valence-electron chi connectivity index (χ2n) is 10.1. The molecule has 5 aromatic rings. The molecule has 4 heterocycles. The maximum absolute atomic E-state index is 13.8. The molecule has 7 rings (SSSR count). The normalized spacial score (nSPS) is 16.8. The van der Waals surface area contributed by atoms with Crippen molar-refractivity contribution < 1.29 is 4.39 Å². The minimum absolute atomic E-state index is 0.174. The molecule has 2 aliphatic rings. The maximum atomic E-state index is 13.8. The first kappa shape index (κ1) is 22.8. The van der Waals surface area contributed by atoms with Crippen LogP contribution in [0.4, 0.5) is 16.2 Å². The first-order valence-corrected chi connectivity index (χ1v) is 13.3. The van der Waals surface area contributed by atoms with Crippen LogP contribution in [0.3, 0.4) is 0 Å². The zero-order chi connectivity index (χ0) is 25.5. The molecule has 0 bridgehead atoms.